The maximum atomic E-state index is 15.0. The zero-order chi connectivity index (χ0) is 24.6. The highest BCUT2D eigenvalue weighted by Gasteiger charge is 2.20. The van der Waals surface area contributed by atoms with E-state index in [9.17, 15) is 18.4 Å². The van der Waals surface area contributed by atoms with Gasteiger partial charge in [-0.1, -0.05) is 0 Å². The Bertz CT molecular complexity index is 1530. The van der Waals surface area contributed by atoms with E-state index in [0.717, 1.165) is 22.8 Å². The van der Waals surface area contributed by atoms with Gasteiger partial charge in [0.25, 0.3) is 5.56 Å². The fourth-order valence-corrected chi connectivity index (χ4v) is 3.38. The molecule has 0 amide bonds. The largest absolute Gasteiger partial charge is 0.496 e. The normalized spacial score (nSPS) is 11.0. The number of H-pyrrole nitrogens is 1. The summed E-state index contributed by atoms with van der Waals surface area (Å²) >= 11 is 0. The van der Waals surface area contributed by atoms with Crippen molar-refractivity contribution in [1.82, 2.24) is 14.5 Å². The van der Waals surface area contributed by atoms with E-state index in [0.29, 0.717) is 0 Å². The minimum Gasteiger partial charge on any atom is -0.496 e. The first-order chi connectivity index (χ1) is 16.2. The van der Waals surface area contributed by atoms with E-state index in [-0.39, 0.29) is 45.2 Å². The average molecular weight is 474 g/mol. The number of hydrogen-bond acceptors (Lipinski definition) is 7. The molecule has 0 aliphatic heterocycles. The molecule has 0 aliphatic rings. The molecule has 2 aromatic heterocycles. The second kappa shape index (κ2) is 8.81. The third-order valence-corrected chi connectivity index (χ3v) is 4.99. The van der Waals surface area contributed by atoms with E-state index in [1.165, 1.54) is 32.5 Å². The molecular formula is C22H17F3N4O5. The van der Waals surface area contributed by atoms with Gasteiger partial charge in [-0.25, -0.2) is 27.5 Å². The van der Waals surface area contributed by atoms with Gasteiger partial charge in [-0.2, -0.15) is 0 Å². The molecule has 0 unspecified atom stereocenters. The van der Waals surface area contributed by atoms with E-state index in [1.807, 2.05) is 0 Å². The third-order valence-electron chi connectivity index (χ3n) is 4.99. The minimum absolute atomic E-state index is 0.0323. The number of fused-ring (bicyclic) bond motifs is 1. The number of nitrogens with two attached hydrogens (primary N) is 1. The van der Waals surface area contributed by atoms with Gasteiger partial charge in [0.1, 0.15) is 12.4 Å². The number of aromatic nitrogens is 3. The van der Waals surface area contributed by atoms with Gasteiger partial charge in [0, 0.05) is 12.1 Å². The first-order valence-electron chi connectivity index (χ1n) is 9.67. The number of hydrogen-bond donors (Lipinski definition) is 2. The molecule has 0 spiro atoms. The van der Waals surface area contributed by atoms with E-state index < -0.39 is 35.3 Å². The average Bonchev–Trinajstić information content (AvgIpc) is 2.81. The Morgan fingerprint density at radius 3 is 2.44 bits per heavy atom. The van der Waals surface area contributed by atoms with Crippen molar-refractivity contribution < 1.29 is 27.4 Å². The molecule has 9 nitrogen and oxygen atoms in total. The van der Waals surface area contributed by atoms with Crippen LogP contribution in [-0.4, -0.2) is 28.8 Å². The van der Waals surface area contributed by atoms with Gasteiger partial charge in [-0.15, -0.1) is 0 Å². The van der Waals surface area contributed by atoms with Crippen LogP contribution in [0.5, 0.6) is 17.2 Å². The molecule has 2 aromatic carbocycles. The van der Waals surface area contributed by atoms with Gasteiger partial charge < -0.3 is 19.9 Å². The predicted octanol–water partition coefficient (Wildman–Crippen LogP) is 2.67. The fourth-order valence-electron chi connectivity index (χ4n) is 3.38. The SMILES string of the molecule is COc1cc(F)c(-n2c(=O)[nH]c(=O)c3cc(N)cnc32)cc1OCc1c(OC)ccc(F)c1F. The molecule has 0 atom stereocenters. The summed E-state index contributed by atoms with van der Waals surface area (Å²) in [5.74, 6) is -3.35. The Kier molecular flexibility index (Phi) is 5.88. The van der Waals surface area contributed by atoms with Crippen LogP contribution in [0.4, 0.5) is 18.9 Å². The zero-order valence-corrected chi connectivity index (χ0v) is 17.8. The van der Waals surface area contributed by atoms with Gasteiger partial charge >= 0.3 is 5.69 Å². The summed E-state index contributed by atoms with van der Waals surface area (Å²) in [5, 5.41) is -0.0520. The minimum atomic E-state index is -1.18. The Morgan fingerprint density at radius 1 is 1.00 bits per heavy atom. The molecule has 176 valence electrons. The topological polar surface area (TPSA) is 121 Å². The van der Waals surface area contributed by atoms with Gasteiger partial charge in [0.2, 0.25) is 0 Å². The summed E-state index contributed by atoms with van der Waals surface area (Å²) in [6.07, 6.45) is 1.20. The summed E-state index contributed by atoms with van der Waals surface area (Å²) in [6.45, 7) is -0.510. The molecule has 0 saturated heterocycles. The number of methoxy groups -OCH3 is 2. The van der Waals surface area contributed by atoms with Crippen molar-refractivity contribution in [2.75, 3.05) is 20.0 Å². The molecular weight excluding hydrogens is 457 g/mol. The van der Waals surface area contributed by atoms with Crippen LogP contribution >= 0.6 is 0 Å². The molecule has 0 radical (unpaired) electrons. The fraction of sp³-hybridized carbons (Fsp3) is 0.136. The maximum Gasteiger partial charge on any atom is 0.334 e. The summed E-state index contributed by atoms with van der Waals surface area (Å²) in [5.41, 5.74) is 3.39. The first kappa shape index (κ1) is 22.7. The van der Waals surface area contributed by atoms with Gasteiger partial charge in [-0.05, 0) is 18.2 Å². The quantitative estimate of drug-likeness (QED) is 0.441. The Hall–Kier alpha value is -4.48. The number of nitrogens with zero attached hydrogens (tertiary/aromatic N) is 2. The first-order valence-corrected chi connectivity index (χ1v) is 9.67. The molecule has 2 heterocycles. The van der Waals surface area contributed by atoms with Crippen molar-refractivity contribution in [1.29, 1.82) is 0 Å². The highest BCUT2D eigenvalue weighted by molar-refractivity contribution is 5.78. The van der Waals surface area contributed by atoms with E-state index in [2.05, 4.69) is 9.97 Å². The van der Waals surface area contributed by atoms with Crippen LogP contribution in [0, 0.1) is 17.5 Å². The smallest absolute Gasteiger partial charge is 0.334 e. The Morgan fingerprint density at radius 2 is 1.74 bits per heavy atom. The number of benzene rings is 2. The number of ether oxygens (including phenoxy) is 3. The van der Waals surface area contributed by atoms with Gasteiger partial charge in [-0.3, -0.25) is 9.78 Å². The number of aromatic amines is 1. The number of rotatable bonds is 6. The van der Waals surface area contributed by atoms with Gasteiger partial charge in [0.05, 0.1) is 42.7 Å². The van der Waals surface area contributed by atoms with Gasteiger partial charge in [0.15, 0.2) is 34.6 Å². The van der Waals surface area contributed by atoms with Crippen LogP contribution in [0.3, 0.4) is 0 Å². The lowest BCUT2D eigenvalue weighted by molar-refractivity contribution is 0.269. The van der Waals surface area contributed by atoms with Crippen LogP contribution in [0.25, 0.3) is 16.7 Å². The second-order valence-electron chi connectivity index (χ2n) is 7.02. The summed E-state index contributed by atoms with van der Waals surface area (Å²) < 4.78 is 59.6. The standard InChI is InChI=1S/C22H17F3N4O5/c1-32-16-4-3-13(23)19(25)12(16)9-34-18-7-15(14(24)6-17(18)33-2)29-20-11(5-10(26)8-27-20)21(30)28-22(29)31/h3-8H,9,26H2,1-2H3,(H,28,30,31). The maximum absolute atomic E-state index is 15.0. The summed E-state index contributed by atoms with van der Waals surface area (Å²) in [4.78, 5) is 30.9. The van der Waals surface area contributed by atoms with Crippen molar-refractivity contribution in [2.24, 2.45) is 0 Å². The van der Waals surface area contributed by atoms with Crippen molar-refractivity contribution >= 4 is 16.7 Å². The molecule has 4 rings (SSSR count). The molecule has 0 saturated carbocycles. The van der Waals surface area contributed by atoms with Crippen LogP contribution in [0.1, 0.15) is 5.56 Å². The highest BCUT2D eigenvalue weighted by atomic mass is 19.2. The zero-order valence-electron chi connectivity index (χ0n) is 17.8. The van der Waals surface area contributed by atoms with Crippen LogP contribution in [0.15, 0.2) is 46.1 Å². The van der Waals surface area contributed by atoms with Crippen LogP contribution in [-0.2, 0) is 6.61 Å². The molecule has 0 aliphatic carbocycles. The number of nitrogen functional groups attached to an aromatic ring is 1. The lowest BCUT2D eigenvalue weighted by atomic mass is 10.2. The molecule has 0 bridgehead atoms. The number of pyridine rings is 1. The Balaban J connectivity index is 1.86. The molecule has 12 heteroatoms. The third kappa shape index (κ3) is 3.89. The van der Waals surface area contributed by atoms with E-state index >= 15 is 4.39 Å². The predicted molar refractivity (Wildman–Crippen MR) is 116 cm³/mol. The summed E-state index contributed by atoms with van der Waals surface area (Å²) in [6, 6.07) is 5.46. The number of halogens is 3. The lowest BCUT2D eigenvalue weighted by Gasteiger charge is -2.16. The Labute approximate surface area is 189 Å². The molecule has 34 heavy (non-hydrogen) atoms. The number of anilines is 1. The van der Waals surface area contributed by atoms with E-state index in [4.69, 9.17) is 19.9 Å². The molecule has 0 fully saturated rings. The monoisotopic (exact) mass is 474 g/mol. The second-order valence-corrected chi connectivity index (χ2v) is 7.02. The van der Waals surface area contributed by atoms with Crippen LogP contribution in [0.2, 0.25) is 0 Å². The van der Waals surface area contributed by atoms with Crippen molar-refractivity contribution in [3.63, 3.8) is 0 Å². The molecule has 4 aromatic rings. The van der Waals surface area contributed by atoms with Crippen molar-refractivity contribution in [2.45, 2.75) is 6.61 Å². The number of nitrogens with one attached hydrogen (secondary N) is 1. The van der Waals surface area contributed by atoms with Crippen LogP contribution < -0.4 is 31.2 Å². The molecule has 3 N–H and O–H groups in total. The van der Waals surface area contributed by atoms with Crippen molar-refractivity contribution in [3.05, 3.63) is 80.4 Å². The lowest BCUT2D eigenvalue weighted by Crippen LogP contribution is -2.30. The van der Waals surface area contributed by atoms with Crippen molar-refractivity contribution in [3.8, 4) is 22.9 Å². The van der Waals surface area contributed by atoms with E-state index in [1.54, 1.807) is 0 Å². The summed E-state index contributed by atoms with van der Waals surface area (Å²) in [7, 11) is 2.52. The highest BCUT2D eigenvalue weighted by Crippen LogP contribution is 2.34.